The Morgan fingerprint density at radius 1 is 1.12 bits per heavy atom. The van der Waals surface area contributed by atoms with Gasteiger partial charge in [0, 0.05) is 19.0 Å². The molecule has 3 nitrogen and oxygen atoms in total. The van der Waals surface area contributed by atoms with Crippen LogP contribution in [-0.2, 0) is 4.79 Å². The standard InChI is InChI=1S/C14H26N2O/c15-8-7-12-5-4-6-13(11-12)14(17)16-9-2-1-3-10-16/h12-13H,1-11,15H2. The summed E-state index contributed by atoms with van der Waals surface area (Å²) in [5.74, 6) is 1.44. The highest BCUT2D eigenvalue weighted by Gasteiger charge is 2.30. The van der Waals surface area contributed by atoms with Crippen LogP contribution in [-0.4, -0.2) is 30.4 Å². The predicted molar refractivity (Wildman–Crippen MR) is 69.6 cm³/mol. The van der Waals surface area contributed by atoms with E-state index in [4.69, 9.17) is 5.73 Å². The molecule has 1 aliphatic heterocycles. The van der Waals surface area contributed by atoms with E-state index >= 15 is 0 Å². The van der Waals surface area contributed by atoms with Crippen molar-refractivity contribution in [3.8, 4) is 0 Å². The zero-order valence-electron chi connectivity index (χ0n) is 10.9. The first-order chi connectivity index (χ1) is 8.31. The Labute approximate surface area is 105 Å². The average molecular weight is 238 g/mol. The van der Waals surface area contributed by atoms with Gasteiger partial charge in [0.25, 0.3) is 0 Å². The number of hydrogen-bond donors (Lipinski definition) is 1. The lowest BCUT2D eigenvalue weighted by Gasteiger charge is -2.34. The van der Waals surface area contributed by atoms with Crippen LogP contribution in [0.2, 0.25) is 0 Å². The molecule has 0 bridgehead atoms. The van der Waals surface area contributed by atoms with Gasteiger partial charge in [-0.2, -0.15) is 0 Å². The van der Waals surface area contributed by atoms with Gasteiger partial charge >= 0.3 is 0 Å². The molecular formula is C14H26N2O. The molecule has 0 aromatic heterocycles. The predicted octanol–water partition coefficient (Wildman–Crippen LogP) is 2.15. The summed E-state index contributed by atoms with van der Waals surface area (Å²) in [4.78, 5) is 14.5. The molecule has 17 heavy (non-hydrogen) atoms. The van der Waals surface area contributed by atoms with Gasteiger partial charge in [0.05, 0.1) is 0 Å². The molecule has 1 aliphatic carbocycles. The molecule has 1 saturated carbocycles. The van der Waals surface area contributed by atoms with Gasteiger partial charge in [-0.3, -0.25) is 4.79 Å². The van der Waals surface area contributed by atoms with Crippen LogP contribution < -0.4 is 5.73 Å². The Morgan fingerprint density at radius 3 is 2.59 bits per heavy atom. The van der Waals surface area contributed by atoms with Gasteiger partial charge < -0.3 is 10.6 Å². The Balaban J connectivity index is 1.85. The summed E-state index contributed by atoms with van der Waals surface area (Å²) in [6, 6.07) is 0. The number of amides is 1. The van der Waals surface area contributed by atoms with Crippen LogP contribution in [0, 0.1) is 11.8 Å². The lowest BCUT2D eigenvalue weighted by atomic mass is 9.79. The Bertz CT molecular complexity index is 247. The van der Waals surface area contributed by atoms with Crippen molar-refractivity contribution in [1.82, 2.24) is 4.90 Å². The van der Waals surface area contributed by atoms with Gasteiger partial charge in [0.2, 0.25) is 5.91 Å². The van der Waals surface area contributed by atoms with Gasteiger partial charge in [-0.25, -0.2) is 0 Å². The molecular weight excluding hydrogens is 212 g/mol. The van der Waals surface area contributed by atoms with Gasteiger partial charge in [-0.15, -0.1) is 0 Å². The third-order valence-electron chi connectivity index (χ3n) is 4.37. The lowest BCUT2D eigenvalue weighted by Crippen LogP contribution is -2.41. The highest BCUT2D eigenvalue weighted by molar-refractivity contribution is 5.79. The summed E-state index contributed by atoms with van der Waals surface area (Å²) < 4.78 is 0. The summed E-state index contributed by atoms with van der Waals surface area (Å²) in [5.41, 5.74) is 5.63. The quantitative estimate of drug-likeness (QED) is 0.819. The zero-order valence-corrected chi connectivity index (χ0v) is 10.9. The van der Waals surface area contributed by atoms with Crippen molar-refractivity contribution < 1.29 is 4.79 Å². The Hall–Kier alpha value is -0.570. The summed E-state index contributed by atoms with van der Waals surface area (Å²) in [6.45, 7) is 2.77. The third kappa shape index (κ3) is 3.44. The van der Waals surface area contributed by atoms with Crippen molar-refractivity contribution in [3.05, 3.63) is 0 Å². The number of nitrogens with zero attached hydrogens (tertiary/aromatic N) is 1. The van der Waals surface area contributed by atoms with E-state index in [-0.39, 0.29) is 0 Å². The van der Waals surface area contributed by atoms with Crippen molar-refractivity contribution in [2.45, 2.75) is 51.4 Å². The number of likely N-dealkylation sites (tertiary alicyclic amines) is 1. The number of carbonyl (C=O) groups is 1. The fourth-order valence-corrected chi connectivity index (χ4v) is 3.39. The SMILES string of the molecule is NCCC1CCCC(C(=O)N2CCCCC2)C1. The topological polar surface area (TPSA) is 46.3 Å². The molecule has 0 spiro atoms. The first-order valence-corrected chi connectivity index (χ1v) is 7.30. The fraction of sp³-hybridized carbons (Fsp3) is 0.929. The van der Waals surface area contributed by atoms with Gasteiger partial charge in [-0.05, 0) is 51.0 Å². The van der Waals surface area contributed by atoms with Crippen LogP contribution >= 0.6 is 0 Å². The van der Waals surface area contributed by atoms with Crippen LogP contribution in [0.15, 0.2) is 0 Å². The van der Waals surface area contributed by atoms with E-state index in [0.717, 1.165) is 38.9 Å². The molecule has 1 saturated heterocycles. The number of carbonyl (C=O) groups excluding carboxylic acids is 1. The monoisotopic (exact) mass is 238 g/mol. The van der Waals surface area contributed by atoms with Crippen molar-refractivity contribution in [2.24, 2.45) is 17.6 Å². The molecule has 2 aliphatic rings. The summed E-state index contributed by atoms with van der Waals surface area (Å²) in [5, 5.41) is 0. The second-order valence-electron chi connectivity index (χ2n) is 5.69. The Morgan fingerprint density at radius 2 is 1.88 bits per heavy atom. The molecule has 98 valence electrons. The number of hydrogen-bond acceptors (Lipinski definition) is 2. The number of piperidine rings is 1. The number of nitrogens with two attached hydrogens (primary N) is 1. The van der Waals surface area contributed by atoms with Crippen molar-refractivity contribution in [1.29, 1.82) is 0 Å². The molecule has 3 heteroatoms. The van der Waals surface area contributed by atoms with Crippen LogP contribution in [0.3, 0.4) is 0 Å². The normalized spacial score (nSPS) is 30.3. The summed E-state index contributed by atoms with van der Waals surface area (Å²) in [7, 11) is 0. The largest absolute Gasteiger partial charge is 0.342 e. The zero-order chi connectivity index (χ0) is 12.1. The second kappa shape index (κ2) is 6.39. The maximum atomic E-state index is 12.4. The van der Waals surface area contributed by atoms with Gasteiger partial charge in [0.1, 0.15) is 0 Å². The molecule has 2 atom stereocenters. The van der Waals surface area contributed by atoms with Gasteiger partial charge in [-0.1, -0.05) is 12.8 Å². The Kier molecular flexibility index (Phi) is 4.84. The third-order valence-corrected chi connectivity index (χ3v) is 4.37. The van der Waals surface area contributed by atoms with Crippen molar-refractivity contribution in [2.75, 3.05) is 19.6 Å². The van der Waals surface area contributed by atoms with Crippen LogP contribution in [0.4, 0.5) is 0 Å². The van der Waals surface area contributed by atoms with E-state index < -0.39 is 0 Å². The molecule has 1 amide bonds. The highest BCUT2D eigenvalue weighted by atomic mass is 16.2. The molecule has 1 heterocycles. The first-order valence-electron chi connectivity index (χ1n) is 7.30. The minimum atomic E-state index is 0.304. The molecule has 2 fully saturated rings. The van der Waals surface area contributed by atoms with E-state index in [9.17, 15) is 4.79 Å². The molecule has 2 unspecified atom stereocenters. The summed E-state index contributed by atoms with van der Waals surface area (Å²) in [6.07, 6.45) is 9.49. The minimum absolute atomic E-state index is 0.304. The van der Waals surface area contributed by atoms with E-state index in [1.807, 2.05) is 0 Å². The average Bonchev–Trinajstić information content (AvgIpc) is 2.40. The van der Waals surface area contributed by atoms with Crippen LogP contribution in [0.5, 0.6) is 0 Å². The molecule has 0 aromatic carbocycles. The van der Waals surface area contributed by atoms with Crippen LogP contribution in [0.25, 0.3) is 0 Å². The van der Waals surface area contributed by atoms with E-state index in [1.165, 1.54) is 32.1 Å². The van der Waals surface area contributed by atoms with Crippen molar-refractivity contribution >= 4 is 5.91 Å². The summed E-state index contributed by atoms with van der Waals surface area (Å²) >= 11 is 0. The lowest BCUT2D eigenvalue weighted by molar-refractivity contribution is -0.138. The van der Waals surface area contributed by atoms with E-state index in [1.54, 1.807) is 0 Å². The van der Waals surface area contributed by atoms with Crippen LogP contribution in [0.1, 0.15) is 51.4 Å². The van der Waals surface area contributed by atoms with Crippen molar-refractivity contribution in [3.63, 3.8) is 0 Å². The smallest absolute Gasteiger partial charge is 0.225 e. The molecule has 2 rings (SSSR count). The first kappa shape index (κ1) is 12.9. The van der Waals surface area contributed by atoms with E-state index in [0.29, 0.717) is 17.7 Å². The maximum Gasteiger partial charge on any atom is 0.225 e. The van der Waals surface area contributed by atoms with Gasteiger partial charge in [0.15, 0.2) is 0 Å². The number of rotatable bonds is 3. The molecule has 2 N–H and O–H groups in total. The maximum absolute atomic E-state index is 12.4. The highest BCUT2D eigenvalue weighted by Crippen LogP contribution is 2.32. The minimum Gasteiger partial charge on any atom is -0.342 e. The second-order valence-corrected chi connectivity index (χ2v) is 5.69. The molecule has 0 radical (unpaired) electrons. The molecule has 0 aromatic rings. The van der Waals surface area contributed by atoms with E-state index in [2.05, 4.69) is 4.90 Å². The fourth-order valence-electron chi connectivity index (χ4n) is 3.39.